The maximum Gasteiger partial charge on any atom is 0.323 e. The third-order valence-corrected chi connectivity index (χ3v) is 4.47. The minimum absolute atomic E-state index is 0.191. The number of hydrogen-bond donors (Lipinski definition) is 1. The molecule has 1 N–H and O–H groups in total. The van der Waals surface area contributed by atoms with Gasteiger partial charge in [0.15, 0.2) is 0 Å². The predicted octanol–water partition coefficient (Wildman–Crippen LogP) is 4.20. The molecule has 0 saturated carbocycles. The van der Waals surface area contributed by atoms with Crippen molar-refractivity contribution in [2.75, 3.05) is 0 Å². The number of nitrogens with one attached hydrogen (secondary N) is 1. The number of para-hydroxylation sites is 1. The lowest BCUT2D eigenvalue weighted by molar-refractivity contribution is -0.147. The third kappa shape index (κ3) is 7.12. The second kappa shape index (κ2) is 10.0. The van der Waals surface area contributed by atoms with Gasteiger partial charge in [-0.15, -0.1) is 0 Å². The number of carbonyl (C=O) groups excluding carboxylic acids is 1. The second-order valence-electron chi connectivity index (χ2n) is 6.12. The Kier molecular flexibility index (Phi) is 7.71. The summed E-state index contributed by atoms with van der Waals surface area (Å²) < 4.78 is 23.0. The van der Waals surface area contributed by atoms with Crippen molar-refractivity contribution >= 4 is 14.1 Å². The van der Waals surface area contributed by atoms with E-state index in [2.05, 4.69) is 5.09 Å². The van der Waals surface area contributed by atoms with Crippen LogP contribution in [0.25, 0.3) is 0 Å². The highest BCUT2D eigenvalue weighted by atomic mass is 31.1. The van der Waals surface area contributed by atoms with E-state index in [0.717, 1.165) is 5.56 Å². The molecule has 0 amide bonds. The molecule has 2 rings (SSSR count). The van der Waals surface area contributed by atoms with Crippen LogP contribution in [0, 0.1) is 5.92 Å². The minimum atomic E-state index is -2.61. The van der Waals surface area contributed by atoms with Gasteiger partial charge in [-0.05, 0) is 30.0 Å². The first kappa shape index (κ1) is 19.2. The van der Waals surface area contributed by atoms with Gasteiger partial charge in [-0.25, -0.2) is 5.09 Å². The smallest absolute Gasteiger partial charge is 0.323 e. The zero-order valence-electron chi connectivity index (χ0n) is 14.5. The normalized spacial score (nSPS) is 13.2. The van der Waals surface area contributed by atoms with Crippen molar-refractivity contribution in [1.29, 1.82) is 0 Å². The van der Waals surface area contributed by atoms with E-state index in [1.54, 1.807) is 24.3 Å². The fourth-order valence-electron chi connectivity index (χ4n) is 2.28. The van der Waals surface area contributed by atoms with Crippen LogP contribution in [0.2, 0.25) is 0 Å². The van der Waals surface area contributed by atoms with Crippen molar-refractivity contribution in [2.45, 2.75) is 32.9 Å². The Labute approximate surface area is 149 Å². The van der Waals surface area contributed by atoms with E-state index >= 15 is 0 Å². The molecule has 5 nitrogen and oxygen atoms in total. The van der Waals surface area contributed by atoms with Gasteiger partial charge in [0, 0.05) is 0 Å². The van der Waals surface area contributed by atoms with Crippen LogP contribution in [-0.4, -0.2) is 12.0 Å². The quantitative estimate of drug-likeness (QED) is 0.536. The summed E-state index contributed by atoms with van der Waals surface area (Å²) in [5, 5.41) is 2.78. The fourth-order valence-corrected chi connectivity index (χ4v) is 3.21. The van der Waals surface area contributed by atoms with Gasteiger partial charge in [-0.1, -0.05) is 62.4 Å². The Bertz CT molecular complexity index is 676. The molecule has 1 unspecified atom stereocenters. The van der Waals surface area contributed by atoms with Crippen molar-refractivity contribution in [3.8, 4) is 5.75 Å². The van der Waals surface area contributed by atoms with E-state index < -0.39 is 20.2 Å². The molecule has 0 fully saturated rings. The van der Waals surface area contributed by atoms with Crippen molar-refractivity contribution in [3.05, 3.63) is 66.2 Å². The lowest BCUT2D eigenvalue weighted by Gasteiger charge is -2.19. The van der Waals surface area contributed by atoms with Gasteiger partial charge in [-0.3, -0.25) is 9.36 Å². The molecule has 0 aliphatic rings. The summed E-state index contributed by atoms with van der Waals surface area (Å²) in [6, 6.07) is 17.7. The Morgan fingerprint density at radius 2 is 1.64 bits per heavy atom. The van der Waals surface area contributed by atoms with E-state index in [9.17, 15) is 9.36 Å². The van der Waals surface area contributed by atoms with Crippen LogP contribution in [-0.2, 0) is 20.7 Å². The van der Waals surface area contributed by atoms with Crippen LogP contribution in [0.1, 0.15) is 25.8 Å². The third-order valence-electron chi connectivity index (χ3n) is 3.46. The molecule has 0 spiro atoms. The maximum absolute atomic E-state index is 12.4. The lowest BCUT2D eigenvalue weighted by atomic mass is 10.1. The number of ether oxygens (including phenoxy) is 1. The maximum atomic E-state index is 12.4. The van der Waals surface area contributed by atoms with Crippen molar-refractivity contribution < 1.29 is 18.6 Å². The van der Waals surface area contributed by atoms with Crippen LogP contribution in [0.3, 0.4) is 0 Å². The van der Waals surface area contributed by atoms with E-state index in [-0.39, 0.29) is 12.5 Å². The highest BCUT2D eigenvalue weighted by Gasteiger charge is 2.23. The van der Waals surface area contributed by atoms with Gasteiger partial charge in [-0.2, -0.15) is 0 Å². The van der Waals surface area contributed by atoms with Gasteiger partial charge >= 0.3 is 14.1 Å². The Morgan fingerprint density at radius 3 is 2.24 bits per heavy atom. The molecule has 134 valence electrons. The van der Waals surface area contributed by atoms with Gasteiger partial charge < -0.3 is 9.26 Å². The first-order valence-corrected chi connectivity index (χ1v) is 9.60. The number of carbonyl (C=O) groups is 1. The molecule has 0 saturated heterocycles. The van der Waals surface area contributed by atoms with Crippen molar-refractivity contribution in [2.24, 2.45) is 5.92 Å². The molecule has 6 heteroatoms. The predicted molar refractivity (Wildman–Crippen MR) is 98.7 cm³/mol. The highest BCUT2D eigenvalue weighted by Crippen LogP contribution is 2.25. The molecule has 0 aliphatic carbocycles. The number of rotatable bonds is 9. The number of benzene rings is 2. The van der Waals surface area contributed by atoms with Gasteiger partial charge in [0.2, 0.25) is 0 Å². The molecule has 0 aliphatic heterocycles. The number of hydrogen-bond acceptors (Lipinski definition) is 4. The molecule has 2 atom stereocenters. The second-order valence-corrected chi connectivity index (χ2v) is 7.19. The monoisotopic (exact) mass is 361 g/mol. The summed E-state index contributed by atoms with van der Waals surface area (Å²) in [6.07, 6.45) is 0.516. The average molecular weight is 361 g/mol. The Balaban J connectivity index is 1.92. The molecule has 0 radical (unpaired) electrons. The summed E-state index contributed by atoms with van der Waals surface area (Å²) in [5.74, 6) is 0.320. The zero-order chi connectivity index (χ0) is 18.1. The van der Waals surface area contributed by atoms with Gasteiger partial charge in [0.1, 0.15) is 18.4 Å². The molecule has 2 aromatic carbocycles. The summed E-state index contributed by atoms with van der Waals surface area (Å²) in [6.45, 7) is 4.18. The molecule has 0 aromatic heterocycles. The van der Waals surface area contributed by atoms with Crippen LogP contribution in [0.5, 0.6) is 5.75 Å². The van der Waals surface area contributed by atoms with Crippen LogP contribution >= 0.6 is 8.18 Å². The van der Waals surface area contributed by atoms with Crippen molar-refractivity contribution in [1.82, 2.24) is 5.09 Å². The van der Waals surface area contributed by atoms with Crippen LogP contribution in [0.4, 0.5) is 0 Å². The molecule has 25 heavy (non-hydrogen) atoms. The fraction of sp³-hybridized carbons (Fsp3) is 0.316. The Morgan fingerprint density at radius 1 is 1.04 bits per heavy atom. The van der Waals surface area contributed by atoms with Crippen molar-refractivity contribution in [3.63, 3.8) is 0 Å². The molecular formula is C19H24NO4P. The Hall–Kier alpha value is -2.10. The average Bonchev–Trinajstić information content (AvgIpc) is 2.60. The summed E-state index contributed by atoms with van der Waals surface area (Å²) in [4.78, 5) is 12.4. The standard InChI is InChI=1S/C19H24NO4P/c1-15(2)13-18(19(21)23-14-16-9-5-3-6-10-16)20-25(22)24-17-11-7-4-8-12-17/h3-12,15,18,25H,13-14H2,1-2H3,(H,20,22)/t18-/m0/s1. The van der Waals surface area contributed by atoms with Gasteiger partial charge in [0.05, 0.1) is 0 Å². The molecule has 2 aromatic rings. The summed E-state index contributed by atoms with van der Waals surface area (Å²) in [7, 11) is -2.61. The van der Waals surface area contributed by atoms with E-state index in [1.165, 1.54) is 0 Å². The van der Waals surface area contributed by atoms with Gasteiger partial charge in [0.25, 0.3) is 0 Å². The SMILES string of the molecule is CC(C)C[C@H](N[PH](=O)Oc1ccccc1)C(=O)OCc1ccccc1. The topological polar surface area (TPSA) is 64.6 Å². The first-order valence-electron chi connectivity index (χ1n) is 8.28. The lowest BCUT2D eigenvalue weighted by Crippen LogP contribution is -2.35. The summed E-state index contributed by atoms with van der Waals surface area (Å²) in [5.41, 5.74) is 0.910. The largest absolute Gasteiger partial charge is 0.460 e. The number of esters is 1. The van der Waals surface area contributed by atoms with E-state index in [1.807, 2.05) is 50.2 Å². The molecule has 0 bridgehead atoms. The first-order chi connectivity index (χ1) is 12.0. The zero-order valence-corrected chi connectivity index (χ0v) is 15.5. The van der Waals surface area contributed by atoms with E-state index in [0.29, 0.717) is 12.2 Å². The highest BCUT2D eigenvalue weighted by molar-refractivity contribution is 7.37. The molecular weight excluding hydrogens is 337 g/mol. The van der Waals surface area contributed by atoms with E-state index in [4.69, 9.17) is 9.26 Å². The summed E-state index contributed by atoms with van der Waals surface area (Å²) >= 11 is 0. The molecule has 0 heterocycles. The van der Waals surface area contributed by atoms with Crippen LogP contribution in [0.15, 0.2) is 60.7 Å². The van der Waals surface area contributed by atoms with Crippen LogP contribution < -0.4 is 9.61 Å². The minimum Gasteiger partial charge on any atom is -0.460 e.